The Morgan fingerprint density at radius 2 is 2.12 bits per heavy atom. The van der Waals surface area contributed by atoms with Crippen LogP contribution in [0.4, 0.5) is 13.2 Å². The van der Waals surface area contributed by atoms with Crippen molar-refractivity contribution >= 4 is 40.1 Å². The Morgan fingerprint density at radius 1 is 1.47 bits per heavy atom. The molecule has 17 heavy (non-hydrogen) atoms. The first-order valence-electron chi connectivity index (χ1n) is 4.23. The molecule has 0 atom stereocenters. The molecule has 0 radical (unpaired) electrons. The highest BCUT2D eigenvalue weighted by Crippen LogP contribution is 2.18. The molecule has 94 valence electrons. The van der Waals surface area contributed by atoms with Crippen LogP contribution in [0.15, 0.2) is 18.2 Å². The van der Waals surface area contributed by atoms with Crippen molar-refractivity contribution in [3.8, 4) is 0 Å². The number of hydrogen-bond acceptors (Lipinski definition) is 2. The maximum absolute atomic E-state index is 11.8. The van der Waals surface area contributed by atoms with Gasteiger partial charge in [0.1, 0.15) is 0 Å². The van der Waals surface area contributed by atoms with Crippen molar-refractivity contribution in [3.05, 3.63) is 32.4 Å². The van der Waals surface area contributed by atoms with Gasteiger partial charge in [-0.15, -0.1) is 0 Å². The van der Waals surface area contributed by atoms with Crippen LogP contribution in [0, 0.1) is 3.57 Å². The van der Waals surface area contributed by atoms with Gasteiger partial charge in [-0.25, -0.2) is 5.48 Å². The van der Waals surface area contributed by atoms with Gasteiger partial charge in [0.25, 0.3) is 5.91 Å². The number of hydrogen-bond donors (Lipinski definition) is 1. The summed E-state index contributed by atoms with van der Waals surface area (Å²) in [5.41, 5.74) is 1.85. The lowest BCUT2D eigenvalue weighted by molar-refractivity contribution is -0.184. The van der Waals surface area contributed by atoms with Gasteiger partial charge in [0.05, 0.1) is 5.56 Å². The molecule has 8 heteroatoms. The lowest BCUT2D eigenvalue weighted by Crippen LogP contribution is -2.30. The highest BCUT2D eigenvalue weighted by molar-refractivity contribution is 14.1. The first-order valence-corrected chi connectivity index (χ1v) is 5.69. The van der Waals surface area contributed by atoms with Crippen LogP contribution in [0.2, 0.25) is 5.02 Å². The summed E-state index contributed by atoms with van der Waals surface area (Å²) in [7, 11) is 0. The number of alkyl halides is 3. The van der Waals surface area contributed by atoms with E-state index < -0.39 is 18.7 Å². The van der Waals surface area contributed by atoms with E-state index in [-0.39, 0.29) is 5.56 Å². The SMILES string of the molecule is O=C(NOCC(F)(F)F)c1cc(Cl)ccc1I. The zero-order valence-electron chi connectivity index (χ0n) is 8.15. The molecule has 0 aliphatic rings. The average Bonchev–Trinajstić information content (AvgIpc) is 2.19. The van der Waals surface area contributed by atoms with E-state index in [2.05, 4.69) is 4.84 Å². The maximum Gasteiger partial charge on any atom is 0.414 e. The highest BCUT2D eigenvalue weighted by atomic mass is 127. The number of nitrogens with one attached hydrogen (secondary N) is 1. The number of carbonyl (C=O) groups excluding carboxylic acids is 1. The van der Waals surface area contributed by atoms with Crippen molar-refractivity contribution in [2.45, 2.75) is 6.18 Å². The van der Waals surface area contributed by atoms with E-state index in [1.54, 1.807) is 17.6 Å². The minimum absolute atomic E-state index is 0.153. The summed E-state index contributed by atoms with van der Waals surface area (Å²) >= 11 is 7.53. The number of benzene rings is 1. The van der Waals surface area contributed by atoms with Crippen LogP contribution in [0.25, 0.3) is 0 Å². The van der Waals surface area contributed by atoms with E-state index in [9.17, 15) is 18.0 Å². The van der Waals surface area contributed by atoms with E-state index in [0.29, 0.717) is 8.59 Å². The third-order valence-corrected chi connectivity index (χ3v) is 2.75. The monoisotopic (exact) mass is 379 g/mol. The smallest absolute Gasteiger partial charge is 0.267 e. The second kappa shape index (κ2) is 5.87. The Bertz CT molecular complexity index is 425. The molecule has 0 bridgehead atoms. The summed E-state index contributed by atoms with van der Waals surface area (Å²) in [6.45, 7) is -1.55. The van der Waals surface area contributed by atoms with Crippen molar-refractivity contribution < 1.29 is 22.8 Å². The molecule has 0 fully saturated rings. The first kappa shape index (κ1) is 14.5. The topological polar surface area (TPSA) is 38.3 Å². The van der Waals surface area contributed by atoms with Gasteiger partial charge in [0.15, 0.2) is 6.61 Å². The molecule has 0 saturated heterocycles. The Kier molecular flexibility index (Phi) is 5.02. The summed E-state index contributed by atoms with van der Waals surface area (Å²) in [4.78, 5) is 15.5. The molecule has 0 aromatic heterocycles. The second-order valence-electron chi connectivity index (χ2n) is 2.96. The number of amides is 1. The zero-order valence-corrected chi connectivity index (χ0v) is 11.1. The first-order chi connectivity index (χ1) is 7.79. The van der Waals surface area contributed by atoms with Gasteiger partial charge in [-0.1, -0.05) is 11.6 Å². The van der Waals surface area contributed by atoms with Gasteiger partial charge >= 0.3 is 6.18 Å². The van der Waals surface area contributed by atoms with Crippen LogP contribution in [0.5, 0.6) is 0 Å². The quantitative estimate of drug-likeness (QED) is 0.647. The lowest BCUT2D eigenvalue weighted by Gasteiger charge is -2.09. The molecule has 0 saturated carbocycles. The number of hydroxylamine groups is 1. The van der Waals surface area contributed by atoms with Gasteiger partial charge in [-0.3, -0.25) is 9.63 Å². The van der Waals surface area contributed by atoms with E-state index in [1.165, 1.54) is 6.07 Å². The second-order valence-corrected chi connectivity index (χ2v) is 4.56. The van der Waals surface area contributed by atoms with Crippen LogP contribution in [0.1, 0.15) is 10.4 Å². The summed E-state index contributed by atoms with van der Waals surface area (Å²) in [6.07, 6.45) is -4.49. The van der Waals surface area contributed by atoms with Gasteiger partial charge in [0, 0.05) is 8.59 Å². The van der Waals surface area contributed by atoms with E-state index in [1.807, 2.05) is 22.6 Å². The molecule has 1 aromatic carbocycles. The van der Waals surface area contributed by atoms with Gasteiger partial charge < -0.3 is 0 Å². The van der Waals surface area contributed by atoms with Gasteiger partial charge in [-0.05, 0) is 40.8 Å². The van der Waals surface area contributed by atoms with Crippen LogP contribution < -0.4 is 5.48 Å². The third kappa shape index (κ3) is 5.09. The fourth-order valence-corrected chi connectivity index (χ4v) is 1.66. The van der Waals surface area contributed by atoms with E-state index in [4.69, 9.17) is 11.6 Å². The summed E-state index contributed by atoms with van der Waals surface area (Å²) in [5, 5.41) is 0.311. The van der Waals surface area contributed by atoms with Gasteiger partial charge in [0.2, 0.25) is 0 Å². The maximum atomic E-state index is 11.8. The lowest BCUT2D eigenvalue weighted by atomic mass is 10.2. The Morgan fingerprint density at radius 3 is 2.71 bits per heavy atom. The van der Waals surface area contributed by atoms with Crippen molar-refractivity contribution in [1.29, 1.82) is 0 Å². The predicted molar refractivity (Wildman–Crippen MR) is 63.6 cm³/mol. The fraction of sp³-hybridized carbons (Fsp3) is 0.222. The van der Waals surface area contributed by atoms with Crippen molar-refractivity contribution in [2.24, 2.45) is 0 Å². The van der Waals surface area contributed by atoms with Crippen molar-refractivity contribution in [1.82, 2.24) is 5.48 Å². The van der Waals surface area contributed by atoms with Crippen LogP contribution in [-0.2, 0) is 4.84 Å². The van der Waals surface area contributed by atoms with Crippen molar-refractivity contribution in [3.63, 3.8) is 0 Å². The average molecular weight is 380 g/mol. The Hall–Kier alpha value is -0.540. The molecule has 1 amide bonds. The fourth-order valence-electron chi connectivity index (χ4n) is 0.910. The molecule has 0 spiro atoms. The Balaban J connectivity index is 2.61. The molecule has 0 unspecified atom stereocenters. The van der Waals surface area contributed by atoms with Crippen LogP contribution >= 0.6 is 34.2 Å². The molecule has 1 rings (SSSR count). The number of rotatable bonds is 3. The van der Waals surface area contributed by atoms with E-state index >= 15 is 0 Å². The number of carbonyl (C=O) groups is 1. The molecular weight excluding hydrogens is 373 g/mol. The van der Waals surface area contributed by atoms with Crippen molar-refractivity contribution in [2.75, 3.05) is 6.61 Å². The zero-order chi connectivity index (χ0) is 13.1. The molecule has 1 N–H and O–H groups in total. The molecular formula is C9H6ClF3INO2. The minimum atomic E-state index is -4.49. The number of halogens is 5. The van der Waals surface area contributed by atoms with Gasteiger partial charge in [-0.2, -0.15) is 13.2 Å². The predicted octanol–water partition coefficient (Wildman–Crippen LogP) is 3.17. The standard InChI is InChI=1S/C9H6ClF3INO2/c10-5-1-2-7(14)6(3-5)8(16)15-17-4-9(11,12)13/h1-3H,4H2,(H,15,16). The molecule has 0 aliphatic heterocycles. The minimum Gasteiger partial charge on any atom is -0.267 e. The third-order valence-electron chi connectivity index (χ3n) is 1.57. The summed E-state index contributed by atoms with van der Waals surface area (Å²) < 4.78 is 35.8. The summed E-state index contributed by atoms with van der Waals surface area (Å²) in [6, 6.07) is 4.48. The van der Waals surface area contributed by atoms with Crippen LogP contribution in [0.3, 0.4) is 0 Å². The molecule has 3 nitrogen and oxygen atoms in total. The highest BCUT2D eigenvalue weighted by Gasteiger charge is 2.28. The van der Waals surface area contributed by atoms with Crippen LogP contribution in [-0.4, -0.2) is 18.7 Å². The van der Waals surface area contributed by atoms with E-state index in [0.717, 1.165) is 0 Å². The molecule has 0 aliphatic carbocycles. The molecule has 1 aromatic rings. The largest absolute Gasteiger partial charge is 0.414 e. The Labute approximate surface area is 113 Å². The normalized spacial score (nSPS) is 11.4. The molecule has 0 heterocycles. The summed E-state index contributed by atoms with van der Waals surface area (Å²) in [5.74, 6) is -0.777.